The molecule has 0 amide bonds. The van der Waals surface area contributed by atoms with Crippen molar-refractivity contribution in [3.8, 4) is 0 Å². The van der Waals surface area contributed by atoms with Gasteiger partial charge in [0.05, 0.1) is 6.10 Å². The molecule has 0 heterocycles. The Hall–Kier alpha value is -0.0400. The quantitative estimate of drug-likeness (QED) is 0.478. The maximum Gasteiger partial charge on any atom is 0.0634 e. The third kappa shape index (κ3) is 0.367. The van der Waals surface area contributed by atoms with E-state index in [0.29, 0.717) is 6.10 Å². The second-order valence-corrected chi connectivity index (χ2v) is 2.79. The van der Waals surface area contributed by atoms with Gasteiger partial charge in [-0.25, -0.2) is 0 Å². The van der Waals surface area contributed by atoms with Crippen LogP contribution in [0.2, 0.25) is 0 Å². The van der Waals surface area contributed by atoms with Crippen molar-refractivity contribution in [3.63, 3.8) is 0 Å². The van der Waals surface area contributed by atoms with Crippen LogP contribution in [0, 0.1) is 5.41 Å². The summed E-state index contributed by atoms with van der Waals surface area (Å²) in [6.45, 7) is 0. The Morgan fingerprint density at radius 1 is 1.57 bits per heavy atom. The zero-order valence-electron chi connectivity index (χ0n) is 4.61. The molecule has 1 unspecified atom stereocenters. The third-order valence-corrected chi connectivity index (χ3v) is 2.29. The summed E-state index contributed by atoms with van der Waals surface area (Å²) in [5, 5.41) is 0. The van der Waals surface area contributed by atoms with Crippen molar-refractivity contribution in [3.05, 3.63) is 0 Å². The van der Waals surface area contributed by atoms with Crippen molar-refractivity contribution in [1.29, 1.82) is 0 Å². The molecule has 0 saturated heterocycles. The van der Waals surface area contributed by atoms with Gasteiger partial charge in [0.25, 0.3) is 0 Å². The standard InChI is InChI=1S/C6H10O/c1-7-5-4-6(5)2-3-6/h5H,2-4H2,1H3. The highest BCUT2D eigenvalue weighted by molar-refractivity contribution is 5.13. The number of rotatable bonds is 1. The van der Waals surface area contributed by atoms with Crippen LogP contribution < -0.4 is 0 Å². The fourth-order valence-electron chi connectivity index (χ4n) is 1.33. The van der Waals surface area contributed by atoms with E-state index in [-0.39, 0.29) is 0 Å². The Labute approximate surface area is 43.7 Å². The molecule has 2 aliphatic rings. The van der Waals surface area contributed by atoms with E-state index >= 15 is 0 Å². The van der Waals surface area contributed by atoms with Gasteiger partial charge in [0.2, 0.25) is 0 Å². The highest BCUT2D eigenvalue weighted by atomic mass is 16.5. The minimum Gasteiger partial charge on any atom is -0.381 e. The van der Waals surface area contributed by atoms with Crippen LogP contribution in [0.5, 0.6) is 0 Å². The summed E-state index contributed by atoms with van der Waals surface area (Å²) in [6, 6.07) is 0. The normalized spacial score (nSPS) is 41.6. The SMILES string of the molecule is COC1CC12CC2. The summed E-state index contributed by atoms with van der Waals surface area (Å²) in [6.07, 6.45) is 4.88. The summed E-state index contributed by atoms with van der Waals surface area (Å²) >= 11 is 0. The predicted molar refractivity (Wildman–Crippen MR) is 27.1 cm³/mol. The first-order valence-electron chi connectivity index (χ1n) is 2.90. The van der Waals surface area contributed by atoms with Crippen molar-refractivity contribution in [2.45, 2.75) is 25.4 Å². The topological polar surface area (TPSA) is 9.23 Å². The van der Waals surface area contributed by atoms with Crippen LogP contribution in [0.25, 0.3) is 0 Å². The molecule has 0 aromatic heterocycles. The predicted octanol–water partition coefficient (Wildman–Crippen LogP) is 1.19. The number of ether oxygens (including phenoxy) is 1. The summed E-state index contributed by atoms with van der Waals surface area (Å²) in [5.74, 6) is 0. The average molecular weight is 98.1 g/mol. The Bertz CT molecular complexity index is 94.4. The number of methoxy groups -OCH3 is 1. The molecule has 0 bridgehead atoms. The van der Waals surface area contributed by atoms with Crippen LogP contribution in [-0.2, 0) is 4.74 Å². The highest BCUT2D eigenvalue weighted by Crippen LogP contribution is 2.67. The van der Waals surface area contributed by atoms with E-state index in [9.17, 15) is 0 Å². The van der Waals surface area contributed by atoms with Crippen molar-refractivity contribution in [1.82, 2.24) is 0 Å². The van der Waals surface area contributed by atoms with Crippen LogP contribution in [0.4, 0.5) is 0 Å². The molecule has 2 aliphatic carbocycles. The third-order valence-electron chi connectivity index (χ3n) is 2.29. The van der Waals surface area contributed by atoms with Gasteiger partial charge in [0.1, 0.15) is 0 Å². The van der Waals surface area contributed by atoms with Crippen molar-refractivity contribution < 1.29 is 4.74 Å². The minimum absolute atomic E-state index is 0.660. The van der Waals surface area contributed by atoms with Crippen LogP contribution in [0.15, 0.2) is 0 Å². The molecule has 0 aliphatic heterocycles. The molecule has 7 heavy (non-hydrogen) atoms. The first-order valence-corrected chi connectivity index (χ1v) is 2.90. The molecule has 0 aromatic rings. The van der Waals surface area contributed by atoms with E-state index in [0.717, 1.165) is 5.41 Å². The largest absolute Gasteiger partial charge is 0.381 e. The molecule has 1 heteroatoms. The van der Waals surface area contributed by atoms with Gasteiger partial charge in [-0.15, -0.1) is 0 Å². The molecule has 2 fully saturated rings. The summed E-state index contributed by atoms with van der Waals surface area (Å²) in [7, 11) is 1.82. The van der Waals surface area contributed by atoms with Gasteiger partial charge >= 0.3 is 0 Å². The van der Waals surface area contributed by atoms with E-state index in [1.807, 2.05) is 7.11 Å². The fraction of sp³-hybridized carbons (Fsp3) is 1.00. The lowest BCUT2D eigenvalue weighted by Gasteiger charge is -1.86. The molecule has 1 nitrogen and oxygen atoms in total. The molecule has 0 aromatic carbocycles. The van der Waals surface area contributed by atoms with E-state index in [2.05, 4.69) is 0 Å². The Morgan fingerprint density at radius 3 is 2.43 bits per heavy atom. The van der Waals surface area contributed by atoms with Gasteiger partial charge in [0, 0.05) is 7.11 Å². The van der Waals surface area contributed by atoms with Gasteiger partial charge in [-0.05, 0) is 24.7 Å². The first-order chi connectivity index (χ1) is 3.37. The van der Waals surface area contributed by atoms with Crippen LogP contribution in [-0.4, -0.2) is 13.2 Å². The lowest BCUT2D eigenvalue weighted by molar-refractivity contribution is 0.166. The van der Waals surface area contributed by atoms with Crippen molar-refractivity contribution in [2.24, 2.45) is 5.41 Å². The van der Waals surface area contributed by atoms with Crippen LogP contribution >= 0.6 is 0 Å². The van der Waals surface area contributed by atoms with Gasteiger partial charge in [-0.3, -0.25) is 0 Å². The van der Waals surface area contributed by atoms with Gasteiger partial charge in [0.15, 0.2) is 0 Å². The molecule has 0 radical (unpaired) electrons. The molecule has 1 spiro atoms. The molecule has 0 N–H and O–H groups in total. The molecule has 1 atom stereocenters. The first kappa shape index (κ1) is 3.90. The van der Waals surface area contributed by atoms with Crippen molar-refractivity contribution in [2.75, 3.05) is 7.11 Å². The lowest BCUT2D eigenvalue weighted by atomic mass is 10.4. The molecule has 2 saturated carbocycles. The van der Waals surface area contributed by atoms with E-state index in [1.165, 1.54) is 19.3 Å². The fourth-order valence-corrected chi connectivity index (χ4v) is 1.33. The summed E-state index contributed by atoms with van der Waals surface area (Å²) in [5.41, 5.74) is 0.745. The Kier molecular flexibility index (Phi) is 0.487. The van der Waals surface area contributed by atoms with Crippen LogP contribution in [0.3, 0.4) is 0 Å². The lowest BCUT2D eigenvalue weighted by Crippen LogP contribution is -1.88. The van der Waals surface area contributed by atoms with E-state index in [4.69, 9.17) is 4.74 Å². The van der Waals surface area contributed by atoms with Gasteiger partial charge in [-0.1, -0.05) is 0 Å². The molecule has 40 valence electrons. The Balaban J connectivity index is 1.97. The zero-order chi connectivity index (χ0) is 4.91. The Morgan fingerprint density at radius 2 is 2.29 bits per heavy atom. The summed E-state index contributed by atoms with van der Waals surface area (Å²) in [4.78, 5) is 0. The maximum absolute atomic E-state index is 5.14. The van der Waals surface area contributed by atoms with E-state index < -0.39 is 0 Å². The minimum atomic E-state index is 0.660. The highest BCUT2D eigenvalue weighted by Gasteiger charge is 2.63. The molecular formula is C6H10O. The van der Waals surface area contributed by atoms with Crippen molar-refractivity contribution >= 4 is 0 Å². The van der Waals surface area contributed by atoms with Crippen LogP contribution in [0.1, 0.15) is 19.3 Å². The zero-order valence-corrected chi connectivity index (χ0v) is 4.61. The summed E-state index contributed by atoms with van der Waals surface area (Å²) < 4.78 is 5.14. The second kappa shape index (κ2) is 0.873. The molecule has 2 rings (SSSR count). The number of hydrogen-bond donors (Lipinski definition) is 0. The van der Waals surface area contributed by atoms with E-state index in [1.54, 1.807) is 0 Å². The maximum atomic E-state index is 5.14. The van der Waals surface area contributed by atoms with Gasteiger partial charge in [-0.2, -0.15) is 0 Å². The van der Waals surface area contributed by atoms with Gasteiger partial charge < -0.3 is 4.74 Å². The smallest absolute Gasteiger partial charge is 0.0634 e. The molecular weight excluding hydrogens is 88.1 g/mol. The second-order valence-electron chi connectivity index (χ2n) is 2.79. The average Bonchev–Trinajstić information content (AvgIpc) is 2.52. The number of hydrogen-bond acceptors (Lipinski definition) is 1. The monoisotopic (exact) mass is 98.1 g/mol.